The van der Waals surface area contributed by atoms with Crippen LogP contribution in [0.3, 0.4) is 0 Å². The molecule has 5 atom stereocenters. The van der Waals surface area contributed by atoms with Crippen LogP contribution in [0.5, 0.6) is 0 Å². The maximum Gasteiger partial charge on any atom is 0.326 e. The number of rotatable bonds is 9. The smallest absolute Gasteiger partial charge is 0.326 e. The van der Waals surface area contributed by atoms with Gasteiger partial charge in [-0.1, -0.05) is 13.8 Å². The van der Waals surface area contributed by atoms with Gasteiger partial charge in [-0.2, -0.15) is 0 Å². The standard InChI is InChI=1S/C12H23NO8/c1-5(2)3-6(12(20)21)13-11(19)10(18)9(17)8(16)7(15)4-14/h5-10,14-18H,3-4H2,1-2H3,(H,13,19)(H,20,21)/t6-,7-,8-,9-,10-/m1/s1. The number of carboxylic acids is 1. The van der Waals surface area contributed by atoms with E-state index in [0.717, 1.165) is 0 Å². The van der Waals surface area contributed by atoms with Crippen LogP contribution in [0.2, 0.25) is 0 Å². The molecule has 0 spiro atoms. The molecule has 0 aromatic carbocycles. The van der Waals surface area contributed by atoms with E-state index < -0.39 is 48.9 Å². The van der Waals surface area contributed by atoms with Crippen molar-refractivity contribution in [3.63, 3.8) is 0 Å². The highest BCUT2D eigenvalue weighted by atomic mass is 16.4. The summed E-state index contributed by atoms with van der Waals surface area (Å²) >= 11 is 0. The molecule has 7 N–H and O–H groups in total. The van der Waals surface area contributed by atoms with Crippen molar-refractivity contribution in [1.29, 1.82) is 0 Å². The summed E-state index contributed by atoms with van der Waals surface area (Å²) in [5, 5.41) is 57.2. The Morgan fingerprint density at radius 3 is 1.95 bits per heavy atom. The molecule has 0 aromatic rings. The molecule has 0 unspecified atom stereocenters. The molecule has 0 saturated carbocycles. The van der Waals surface area contributed by atoms with E-state index in [9.17, 15) is 24.9 Å². The van der Waals surface area contributed by atoms with Crippen molar-refractivity contribution in [1.82, 2.24) is 5.32 Å². The topological polar surface area (TPSA) is 168 Å². The normalized spacial score (nSPS) is 18.7. The van der Waals surface area contributed by atoms with Crippen LogP contribution in [0.1, 0.15) is 20.3 Å². The summed E-state index contributed by atoms with van der Waals surface area (Å²) < 4.78 is 0. The van der Waals surface area contributed by atoms with Crippen molar-refractivity contribution < 1.29 is 40.2 Å². The fourth-order valence-corrected chi connectivity index (χ4v) is 1.63. The maximum atomic E-state index is 11.7. The molecule has 0 aliphatic heterocycles. The number of aliphatic carboxylic acids is 1. The molecule has 9 nitrogen and oxygen atoms in total. The molecule has 0 saturated heterocycles. The molecule has 21 heavy (non-hydrogen) atoms. The molecule has 0 aliphatic rings. The first-order valence-electron chi connectivity index (χ1n) is 6.48. The minimum atomic E-state index is -2.14. The Hall–Kier alpha value is -1.26. The molecule has 124 valence electrons. The van der Waals surface area contributed by atoms with Gasteiger partial charge in [0.05, 0.1) is 6.61 Å². The number of amides is 1. The van der Waals surface area contributed by atoms with Crippen molar-refractivity contribution >= 4 is 11.9 Å². The lowest BCUT2D eigenvalue weighted by molar-refractivity contribution is -0.153. The van der Waals surface area contributed by atoms with Crippen LogP contribution in [0, 0.1) is 5.92 Å². The van der Waals surface area contributed by atoms with E-state index in [2.05, 4.69) is 0 Å². The molecule has 1 amide bonds. The second kappa shape index (κ2) is 8.90. The predicted octanol–water partition coefficient (Wildman–Crippen LogP) is -2.96. The summed E-state index contributed by atoms with van der Waals surface area (Å²) in [5.74, 6) is -2.52. The highest BCUT2D eigenvalue weighted by molar-refractivity contribution is 5.86. The van der Waals surface area contributed by atoms with E-state index in [0.29, 0.717) is 0 Å². The van der Waals surface area contributed by atoms with Gasteiger partial charge >= 0.3 is 5.97 Å². The SMILES string of the molecule is CC(C)C[C@@H](NC(=O)[C@H](O)[C@H](O)[C@H](O)[C@H](O)CO)C(=O)O. The van der Waals surface area contributed by atoms with Crippen molar-refractivity contribution in [3.8, 4) is 0 Å². The zero-order valence-electron chi connectivity index (χ0n) is 11.9. The fourth-order valence-electron chi connectivity index (χ4n) is 1.63. The Kier molecular flexibility index (Phi) is 8.37. The highest BCUT2D eigenvalue weighted by Gasteiger charge is 2.35. The number of nitrogens with one attached hydrogen (secondary N) is 1. The third kappa shape index (κ3) is 6.36. The van der Waals surface area contributed by atoms with Gasteiger partial charge in [-0.15, -0.1) is 0 Å². The molecule has 9 heteroatoms. The van der Waals surface area contributed by atoms with Crippen LogP contribution in [0.25, 0.3) is 0 Å². The summed E-state index contributed by atoms with van der Waals surface area (Å²) in [4.78, 5) is 22.6. The number of hydrogen-bond acceptors (Lipinski definition) is 7. The van der Waals surface area contributed by atoms with Crippen molar-refractivity contribution in [2.45, 2.75) is 50.7 Å². The van der Waals surface area contributed by atoms with Crippen LogP contribution in [-0.2, 0) is 9.59 Å². The van der Waals surface area contributed by atoms with Gasteiger partial charge in [0.25, 0.3) is 5.91 Å². The summed E-state index contributed by atoms with van der Waals surface area (Å²) in [6.07, 6.45) is -7.79. The number of aliphatic hydroxyl groups excluding tert-OH is 5. The quantitative estimate of drug-likeness (QED) is 0.237. The minimum Gasteiger partial charge on any atom is -0.480 e. The number of carboxylic acid groups (broad SMARTS) is 1. The van der Waals surface area contributed by atoms with E-state index in [1.165, 1.54) is 0 Å². The Bertz CT molecular complexity index is 348. The molecular formula is C12H23NO8. The van der Waals surface area contributed by atoms with Crippen LogP contribution in [0.4, 0.5) is 0 Å². The van der Waals surface area contributed by atoms with Gasteiger partial charge in [-0.3, -0.25) is 4.79 Å². The number of hydrogen-bond donors (Lipinski definition) is 7. The first kappa shape index (κ1) is 19.7. The average molecular weight is 309 g/mol. The second-order valence-electron chi connectivity index (χ2n) is 5.20. The Morgan fingerprint density at radius 1 is 1.05 bits per heavy atom. The summed E-state index contributed by atoms with van der Waals surface area (Å²) in [6, 6.07) is -1.25. The zero-order valence-corrected chi connectivity index (χ0v) is 11.9. The molecule has 0 fully saturated rings. The van der Waals surface area contributed by atoms with Crippen molar-refractivity contribution in [2.24, 2.45) is 5.92 Å². The monoisotopic (exact) mass is 309 g/mol. The first-order valence-corrected chi connectivity index (χ1v) is 6.48. The van der Waals surface area contributed by atoms with Crippen molar-refractivity contribution in [3.05, 3.63) is 0 Å². The summed E-state index contributed by atoms with van der Waals surface area (Å²) in [7, 11) is 0. The lowest BCUT2D eigenvalue weighted by Gasteiger charge is -2.26. The molecule has 0 radical (unpaired) electrons. The van der Waals surface area contributed by atoms with Gasteiger partial charge in [0, 0.05) is 0 Å². The predicted molar refractivity (Wildman–Crippen MR) is 70.1 cm³/mol. The lowest BCUT2D eigenvalue weighted by atomic mass is 10.0. The summed E-state index contributed by atoms with van der Waals surface area (Å²) in [6.45, 7) is 2.61. The van der Waals surface area contributed by atoms with Gasteiger partial charge < -0.3 is 36.0 Å². The third-order valence-corrected chi connectivity index (χ3v) is 2.85. The minimum absolute atomic E-state index is 0.0322. The van der Waals surface area contributed by atoms with Crippen molar-refractivity contribution in [2.75, 3.05) is 6.61 Å². The first-order chi connectivity index (χ1) is 9.61. The lowest BCUT2D eigenvalue weighted by Crippen LogP contribution is -2.54. The van der Waals surface area contributed by atoms with Gasteiger partial charge in [-0.25, -0.2) is 4.79 Å². The molecule has 0 bridgehead atoms. The Balaban J connectivity index is 4.71. The van der Waals surface area contributed by atoms with E-state index in [1.807, 2.05) is 5.32 Å². The van der Waals surface area contributed by atoms with E-state index in [-0.39, 0.29) is 12.3 Å². The second-order valence-corrected chi connectivity index (χ2v) is 5.20. The van der Waals surface area contributed by atoms with Gasteiger partial charge in [0.1, 0.15) is 24.4 Å². The van der Waals surface area contributed by atoms with E-state index in [4.69, 9.17) is 15.3 Å². The summed E-state index contributed by atoms with van der Waals surface area (Å²) in [5.41, 5.74) is 0. The van der Waals surface area contributed by atoms with E-state index in [1.54, 1.807) is 13.8 Å². The zero-order chi connectivity index (χ0) is 16.7. The Labute approximate surface area is 121 Å². The molecule has 0 rings (SSSR count). The molecule has 0 heterocycles. The Morgan fingerprint density at radius 2 is 1.57 bits per heavy atom. The number of carbonyl (C=O) groups is 2. The molecular weight excluding hydrogens is 286 g/mol. The average Bonchev–Trinajstić information content (AvgIpc) is 2.42. The third-order valence-electron chi connectivity index (χ3n) is 2.85. The molecule has 0 aliphatic carbocycles. The van der Waals surface area contributed by atoms with Crippen LogP contribution >= 0.6 is 0 Å². The number of carbonyl (C=O) groups excluding carboxylic acids is 1. The van der Waals surface area contributed by atoms with Gasteiger partial charge in [0.2, 0.25) is 0 Å². The van der Waals surface area contributed by atoms with E-state index >= 15 is 0 Å². The largest absolute Gasteiger partial charge is 0.480 e. The fraction of sp³-hybridized carbons (Fsp3) is 0.833. The van der Waals surface area contributed by atoms with Gasteiger partial charge in [-0.05, 0) is 12.3 Å². The molecule has 0 aromatic heterocycles. The van der Waals surface area contributed by atoms with Crippen LogP contribution < -0.4 is 5.32 Å². The van der Waals surface area contributed by atoms with Crippen LogP contribution in [0.15, 0.2) is 0 Å². The van der Waals surface area contributed by atoms with Crippen LogP contribution in [-0.4, -0.2) is 79.6 Å². The number of aliphatic hydroxyl groups is 5. The highest BCUT2D eigenvalue weighted by Crippen LogP contribution is 2.08. The maximum absolute atomic E-state index is 11.7. The van der Waals surface area contributed by atoms with Gasteiger partial charge in [0.15, 0.2) is 6.10 Å².